The van der Waals surface area contributed by atoms with Gasteiger partial charge in [0.2, 0.25) is 0 Å². The molecule has 0 amide bonds. The van der Waals surface area contributed by atoms with Gasteiger partial charge in [-0.25, -0.2) is 0 Å². The highest BCUT2D eigenvalue weighted by Crippen LogP contribution is 2.56. The molecule has 1 aromatic heterocycles. The number of halogens is 1. The van der Waals surface area contributed by atoms with Gasteiger partial charge in [0.25, 0.3) is 0 Å². The number of nitrogens with zero attached hydrogens (tertiary/aromatic N) is 1. The lowest BCUT2D eigenvalue weighted by Gasteiger charge is -2.33. The van der Waals surface area contributed by atoms with E-state index in [1.54, 1.807) is 0 Å². The lowest BCUT2D eigenvalue weighted by Crippen LogP contribution is -2.28. The van der Waals surface area contributed by atoms with Gasteiger partial charge in [-0.05, 0) is 57.6 Å². The largest absolute Gasteiger partial charge is 0.265 e. The quantitative estimate of drug-likeness (QED) is 0.373. The van der Waals surface area contributed by atoms with E-state index in [9.17, 15) is 0 Å². The molecule has 2 heteroatoms. The van der Waals surface area contributed by atoms with Crippen LogP contribution in [-0.4, -0.2) is 4.98 Å². The zero-order valence-corrected chi connectivity index (χ0v) is 14.8. The van der Waals surface area contributed by atoms with Gasteiger partial charge in [-0.15, -0.1) is 0 Å². The minimum atomic E-state index is -0.388. The normalized spacial score (nSPS) is 17.6. The Bertz CT molecular complexity index is 1050. The zero-order valence-electron chi connectivity index (χ0n) is 14.1. The van der Waals surface area contributed by atoms with Crippen LogP contribution in [0.25, 0.3) is 11.1 Å². The number of fused-ring (bicyclic) bond motifs is 3. The second-order valence-corrected chi connectivity index (χ2v) is 7.02. The summed E-state index contributed by atoms with van der Waals surface area (Å²) in [4.78, 5) is 4.24. The minimum Gasteiger partial charge on any atom is -0.265 e. The van der Waals surface area contributed by atoms with E-state index >= 15 is 0 Å². The monoisotopic (exact) mass is 353 g/mol. The first-order valence-electron chi connectivity index (χ1n) is 8.68. The Labute approximate surface area is 157 Å². The molecule has 1 atom stereocenters. The van der Waals surface area contributed by atoms with Gasteiger partial charge in [0.15, 0.2) is 0 Å². The predicted octanol–water partition coefficient (Wildman–Crippen LogP) is 6.10. The Kier molecular flexibility index (Phi) is 3.44. The molecule has 1 aliphatic carbocycles. The molecule has 0 saturated heterocycles. The van der Waals surface area contributed by atoms with Crippen molar-refractivity contribution >= 4 is 11.6 Å². The minimum absolute atomic E-state index is 0.388. The molecular weight excluding hydrogens is 338 g/mol. The second-order valence-electron chi connectivity index (χ2n) is 6.59. The van der Waals surface area contributed by atoms with Crippen molar-refractivity contribution in [3.05, 3.63) is 125 Å². The number of aromatic nitrogens is 1. The van der Waals surface area contributed by atoms with Crippen molar-refractivity contribution in [1.29, 1.82) is 0 Å². The molecular formula is C24H16ClN. The second kappa shape index (κ2) is 5.82. The standard InChI is InChI=1S/C24H16ClN/c25-19-10-11-21-20-8-4-5-9-22(20)24(23(21)16-19,17-6-2-1-3-7-17)18-12-14-26-15-13-18/h1-16H. The van der Waals surface area contributed by atoms with Gasteiger partial charge in [0.05, 0.1) is 5.41 Å². The summed E-state index contributed by atoms with van der Waals surface area (Å²) in [5.74, 6) is 0. The van der Waals surface area contributed by atoms with Gasteiger partial charge in [-0.1, -0.05) is 72.3 Å². The molecule has 0 N–H and O–H groups in total. The van der Waals surface area contributed by atoms with Crippen LogP contribution in [0.5, 0.6) is 0 Å². The van der Waals surface area contributed by atoms with Gasteiger partial charge in [0, 0.05) is 17.4 Å². The van der Waals surface area contributed by atoms with E-state index in [1.807, 2.05) is 18.5 Å². The van der Waals surface area contributed by atoms with Crippen LogP contribution in [0, 0.1) is 0 Å². The maximum atomic E-state index is 6.46. The summed E-state index contributed by atoms with van der Waals surface area (Å²) in [6, 6.07) is 29.8. The van der Waals surface area contributed by atoms with E-state index in [4.69, 9.17) is 11.6 Å². The van der Waals surface area contributed by atoms with Crippen LogP contribution >= 0.6 is 11.6 Å². The molecule has 1 unspecified atom stereocenters. The summed E-state index contributed by atoms with van der Waals surface area (Å²) < 4.78 is 0. The fourth-order valence-electron chi connectivity index (χ4n) is 4.33. The molecule has 0 aliphatic heterocycles. The van der Waals surface area contributed by atoms with Crippen molar-refractivity contribution < 1.29 is 0 Å². The molecule has 0 radical (unpaired) electrons. The average Bonchev–Trinajstić information content (AvgIpc) is 3.00. The smallest absolute Gasteiger partial charge is 0.0715 e. The van der Waals surface area contributed by atoms with E-state index in [1.165, 1.54) is 33.4 Å². The third kappa shape index (κ3) is 2.01. The van der Waals surface area contributed by atoms with E-state index in [2.05, 4.69) is 83.8 Å². The maximum Gasteiger partial charge on any atom is 0.0715 e. The van der Waals surface area contributed by atoms with Crippen LogP contribution in [0.15, 0.2) is 97.3 Å². The summed E-state index contributed by atoms with van der Waals surface area (Å²) in [6.07, 6.45) is 3.73. The van der Waals surface area contributed by atoms with Gasteiger partial charge < -0.3 is 0 Å². The van der Waals surface area contributed by atoms with E-state index < -0.39 is 0 Å². The van der Waals surface area contributed by atoms with E-state index in [0.29, 0.717) is 0 Å². The van der Waals surface area contributed by atoms with Crippen molar-refractivity contribution in [3.63, 3.8) is 0 Å². The Morgan fingerprint density at radius 3 is 2.08 bits per heavy atom. The molecule has 0 spiro atoms. The van der Waals surface area contributed by atoms with Crippen molar-refractivity contribution in [2.75, 3.05) is 0 Å². The lowest BCUT2D eigenvalue weighted by atomic mass is 9.68. The van der Waals surface area contributed by atoms with Crippen LogP contribution in [-0.2, 0) is 5.41 Å². The molecule has 1 aliphatic rings. The highest BCUT2D eigenvalue weighted by Gasteiger charge is 2.45. The first kappa shape index (κ1) is 15.4. The summed E-state index contributed by atoms with van der Waals surface area (Å²) in [5.41, 5.74) is 7.07. The van der Waals surface area contributed by atoms with Crippen LogP contribution < -0.4 is 0 Å². The molecule has 0 fully saturated rings. The van der Waals surface area contributed by atoms with E-state index in [-0.39, 0.29) is 5.41 Å². The molecule has 0 saturated carbocycles. The maximum absolute atomic E-state index is 6.46. The fourth-order valence-corrected chi connectivity index (χ4v) is 4.50. The van der Waals surface area contributed by atoms with Crippen molar-refractivity contribution in [2.45, 2.75) is 5.41 Å². The van der Waals surface area contributed by atoms with Crippen LogP contribution in [0.4, 0.5) is 0 Å². The Hall–Kier alpha value is -2.90. The summed E-state index contributed by atoms with van der Waals surface area (Å²) in [7, 11) is 0. The molecule has 4 aromatic rings. The molecule has 124 valence electrons. The van der Waals surface area contributed by atoms with Gasteiger partial charge in [-0.2, -0.15) is 0 Å². The van der Waals surface area contributed by atoms with Gasteiger partial charge >= 0.3 is 0 Å². The number of hydrogen-bond donors (Lipinski definition) is 0. The van der Waals surface area contributed by atoms with E-state index in [0.717, 1.165) is 5.02 Å². The average molecular weight is 354 g/mol. The number of pyridine rings is 1. The van der Waals surface area contributed by atoms with Crippen LogP contribution in [0.2, 0.25) is 5.02 Å². The number of benzene rings is 3. The number of rotatable bonds is 2. The third-order valence-corrected chi connectivity index (χ3v) is 5.56. The lowest BCUT2D eigenvalue weighted by molar-refractivity contribution is 0.766. The molecule has 1 heterocycles. The first-order valence-corrected chi connectivity index (χ1v) is 9.05. The number of hydrogen-bond acceptors (Lipinski definition) is 1. The fraction of sp³-hybridized carbons (Fsp3) is 0.0417. The summed E-state index contributed by atoms with van der Waals surface area (Å²) >= 11 is 6.46. The van der Waals surface area contributed by atoms with Crippen molar-refractivity contribution in [1.82, 2.24) is 4.98 Å². The predicted molar refractivity (Wildman–Crippen MR) is 107 cm³/mol. The first-order chi connectivity index (χ1) is 12.8. The molecule has 26 heavy (non-hydrogen) atoms. The summed E-state index contributed by atoms with van der Waals surface area (Å²) in [6.45, 7) is 0. The third-order valence-electron chi connectivity index (χ3n) is 5.33. The Balaban J connectivity index is 1.99. The summed E-state index contributed by atoms with van der Waals surface area (Å²) in [5, 5.41) is 0.755. The highest BCUT2D eigenvalue weighted by molar-refractivity contribution is 6.30. The SMILES string of the molecule is Clc1ccc2c(c1)C(c1ccccc1)(c1ccncc1)c1ccccc1-2. The Morgan fingerprint density at radius 1 is 0.615 bits per heavy atom. The molecule has 5 rings (SSSR count). The van der Waals surface area contributed by atoms with Gasteiger partial charge in [0.1, 0.15) is 0 Å². The van der Waals surface area contributed by atoms with Crippen LogP contribution in [0.1, 0.15) is 22.3 Å². The molecule has 0 bridgehead atoms. The van der Waals surface area contributed by atoms with Crippen molar-refractivity contribution in [3.8, 4) is 11.1 Å². The van der Waals surface area contributed by atoms with Gasteiger partial charge in [-0.3, -0.25) is 4.98 Å². The Morgan fingerprint density at radius 2 is 1.27 bits per heavy atom. The molecule has 3 aromatic carbocycles. The zero-order chi connectivity index (χ0) is 17.6. The highest BCUT2D eigenvalue weighted by atomic mass is 35.5. The van der Waals surface area contributed by atoms with Crippen molar-refractivity contribution in [2.24, 2.45) is 0 Å². The topological polar surface area (TPSA) is 12.9 Å². The van der Waals surface area contributed by atoms with Crippen LogP contribution in [0.3, 0.4) is 0 Å². The molecule has 1 nitrogen and oxygen atoms in total.